The number of rotatable bonds is 9. The van der Waals surface area contributed by atoms with Crippen molar-refractivity contribution in [2.75, 3.05) is 13.7 Å². The van der Waals surface area contributed by atoms with E-state index in [1.807, 2.05) is 0 Å². The number of halogens is 1. The van der Waals surface area contributed by atoms with Crippen molar-refractivity contribution >= 4 is 29.6 Å². The molecule has 1 aliphatic heterocycles. The Morgan fingerprint density at radius 2 is 2.00 bits per heavy atom. The summed E-state index contributed by atoms with van der Waals surface area (Å²) in [6.07, 6.45) is 3.17. The third-order valence-electron chi connectivity index (χ3n) is 4.58. The first kappa shape index (κ1) is 25.1. The van der Waals surface area contributed by atoms with E-state index in [0.717, 1.165) is 4.47 Å². The second-order valence-corrected chi connectivity index (χ2v) is 9.75. The lowest BCUT2D eigenvalue weighted by Crippen LogP contribution is -2.35. The van der Waals surface area contributed by atoms with Gasteiger partial charge in [0, 0.05) is 16.2 Å². The van der Waals surface area contributed by atoms with Crippen LogP contribution in [0.25, 0.3) is 0 Å². The van der Waals surface area contributed by atoms with Crippen molar-refractivity contribution in [2.24, 2.45) is 0 Å². The highest BCUT2D eigenvalue weighted by Gasteiger charge is 2.34. The number of aryl methyl sites for hydroxylation is 1. The van der Waals surface area contributed by atoms with E-state index < -0.39 is 43.3 Å². The molecule has 2 aromatic rings. The third kappa shape index (κ3) is 6.52. The molecule has 0 amide bonds. The minimum atomic E-state index is -4.04. The zero-order valence-electron chi connectivity index (χ0n) is 18.0. The highest BCUT2D eigenvalue weighted by atomic mass is 79.9. The number of carbonyl (C=O) groups is 1. The van der Waals surface area contributed by atoms with Gasteiger partial charge >= 0.3 is 19.4 Å². The molecule has 4 atom stereocenters. The molecule has 1 aliphatic rings. The average molecular weight is 544 g/mol. The van der Waals surface area contributed by atoms with Crippen molar-refractivity contribution in [1.82, 2.24) is 14.6 Å². The number of nitrogens with zero attached hydrogens (tertiary/aromatic N) is 1. The predicted molar refractivity (Wildman–Crippen MR) is 122 cm³/mol. The molecule has 1 aromatic carbocycles. The lowest BCUT2D eigenvalue weighted by Gasteiger charge is -2.24. The Balaban J connectivity index is 1.71. The zero-order valence-corrected chi connectivity index (χ0v) is 20.5. The molecule has 13 heteroatoms. The average Bonchev–Trinajstić information content (AvgIpc) is 3.25. The Morgan fingerprint density at radius 3 is 2.67 bits per heavy atom. The molecular weight excluding hydrogens is 521 g/mol. The molecular formula is C20H23BrN3O8P. The fourth-order valence-electron chi connectivity index (χ4n) is 2.88. The van der Waals surface area contributed by atoms with Crippen LogP contribution in [0, 0.1) is 6.92 Å². The van der Waals surface area contributed by atoms with Gasteiger partial charge in [0.25, 0.3) is 5.56 Å². The first-order valence-electron chi connectivity index (χ1n) is 9.81. The number of ether oxygens (including phenoxy) is 2. The van der Waals surface area contributed by atoms with Crippen LogP contribution in [0.2, 0.25) is 0 Å². The highest BCUT2D eigenvalue weighted by Crippen LogP contribution is 2.45. The van der Waals surface area contributed by atoms with Crippen LogP contribution in [-0.2, 0) is 23.4 Å². The number of aromatic amines is 1. The summed E-state index contributed by atoms with van der Waals surface area (Å²) < 4.78 is 36.9. The molecule has 3 rings (SSSR count). The van der Waals surface area contributed by atoms with E-state index in [1.165, 1.54) is 24.8 Å². The van der Waals surface area contributed by atoms with Gasteiger partial charge in [0.15, 0.2) is 6.23 Å². The Morgan fingerprint density at radius 1 is 1.30 bits per heavy atom. The molecule has 0 radical (unpaired) electrons. The smallest absolute Gasteiger partial charge is 0.459 e. The molecule has 0 bridgehead atoms. The van der Waals surface area contributed by atoms with Crippen molar-refractivity contribution in [1.29, 1.82) is 0 Å². The molecule has 11 nitrogen and oxygen atoms in total. The second-order valence-electron chi connectivity index (χ2n) is 7.14. The van der Waals surface area contributed by atoms with Crippen LogP contribution in [0.15, 0.2) is 56.7 Å². The molecule has 1 aromatic heterocycles. The monoisotopic (exact) mass is 543 g/mol. The number of benzene rings is 1. The molecule has 2 heterocycles. The summed E-state index contributed by atoms with van der Waals surface area (Å²) in [6.45, 7) is 2.82. The van der Waals surface area contributed by atoms with Gasteiger partial charge in [-0.25, -0.2) is 9.36 Å². The first-order chi connectivity index (χ1) is 15.6. The van der Waals surface area contributed by atoms with E-state index >= 15 is 0 Å². The van der Waals surface area contributed by atoms with Crippen LogP contribution in [0.3, 0.4) is 0 Å². The van der Waals surface area contributed by atoms with E-state index in [2.05, 4.69) is 30.7 Å². The fourth-order valence-corrected chi connectivity index (χ4v) is 4.65. The third-order valence-corrected chi connectivity index (χ3v) is 6.75. The van der Waals surface area contributed by atoms with Crippen LogP contribution in [0.1, 0.15) is 18.7 Å². The molecule has 0 aliphatic carbocycles. The quantitative estimate of drug-likeness (QED) is 0.277. The number of H-pyrrole nitrogens is 1. The van der Waals surface area contributed by atoms with Crippen LogP contribution in [0.4, 0.5) is 0 Å². The van der Waals surface area contributed by atoms with Crippen molar-refractivity contribution < 1.29 is 27.9 Å². The van der Waals surface area contributed by atoms with Gasteiger partial charge in [0.05, 0.1) is 13.7 Å². The van der Waals surface area contributed by atoms with E-state index in [0.29, 0.717) is 5.56 Å². The van der Waals surface area contributed by atoms with E-state index in [9.17, 15) is 18.9 Å². The van der Waals surface area contributed by atoms with Gasteiger partial charge in [-0.2, -0.15) is 5.09 Å². The van der Waals surface area contributed by atoms with Gasteiger partial charge in [-0.3, -0.25) is 23.7 Å². The molecule has 33 heavy (non-hydrogen) atoms. The minimum Gasteiger partial charge on any atom is -0.468 e. The van der Waals surface area contributed by atoms with Crippen molar-refractivity contribution in [3.8, 4) is 5.75 Å². The molecule has 0 fully saturated rings. The van der Waals surface area contributed by atoms with Crippen LogP contribution < -0.4 is 20.9 Å². The standard InChI is InChI=1S/C20H23BrN3O8P/c1-12-10-24(20(27)22-18(12)25)17-9-8-16(31-17)11-30-33(28,23-13(2)19(26)29-3)32-15-6-4-14(21)5-7-15/h4-10,13,16-17H,11H2,1-3H3,(H,23,28)(H,22,25,27)/t13-,16-,17+,33-/m0/s1. The van der Waals surface area contributed by atoms with Gasteiger partial charge in [-0.15, -0.1) is 0 Å². The molecule has 0 spiro atoms. The summed E-state index contributed by atoms with van der Waals surface area (Å²) in [5.74, 6) is -0.398. The number of hydrogen-bond acceptors (Lipinski definition) is 8. The summed E-state index contributed by atoms with van der Waals surface area (Å²) in [6, 6.07) is 5.57. The normalized spacial score (nSPS) is 20.2. The molecule has 0 unspecified atom stereocenters. The molecule has 2 N–H and O–H groups in total. The van der Waals surface area contributed by atoms with E-state index in [-0.39, 0.29) is 12.4 Å². The summed E-state index contributed by atoms with van der Waals surface area (Å²) in [5, 5.41) is 2.55. The Kier molecular flexibility index (Phi) is 8.09. The molecule has 178 valence electrons. The largest absolute Gasteiger partial charge is 0.468 e. The zero-order chi connectivity index (χ0) is 24.2. The van der Waals surface area contributed by atoms with Crippen LogP contribution >= 0.6 is 23.7 Å². The number of carbonyl (C=O) groups excluding carboxylic acids is 1. The summed E-state index contributed by atoms with van der Waals surface area (Å²) in [4.78, 5) is 37.7. The number of aromatic nitrogens is 2. The summed E-state index contributed by atoms with van der Waals surface area (Å²) >= 11 is 3.31. The maximum atomic E-state index is 13.4. The van der Waals surface area contributed by atoms with E-state index in [1.54, 1.807) is 43.3 Å². The van der Waals surface area contributed by atoms with Gasteiger partial charge < -0.3 is 14.0 Å². The highest BCUT2D eigenvalue weighted by molar-refractivity contribution is 9.10. The lowest BCUT2D eigenvalue weighted by atomic mass is 10.3. The summed E-state index contributed by atoms with van der Waals surface area (Å²) in [7, 11) is -2.84. The second kappa shape index (κ2) is 10.6. The van der Waals surface area contributed by atoms with E-state index in [4.69, 9.17) is 13.8 Å². The van der Waals surface area contributed by atoms with Crippen molar-refractivity contribution in [3.63, 3.8) is 0 Å². The van der Waals surface area contributed by atoms with Gasteiger partial charge in [-0.1, -0.05) is 22.0 Å². The van der Waals surface area contributed by atoms with Gasteiger partial charge in [0.1, 0.15) is 17.9 Å². The van der Waals surface area contributed by atoms with Crippen molar-refractivity contribution in [3.05, 3.63) is 73.5 Å². The molecule has 0 saturated heterocycles. The van der Waals surface area contributed by atoms with Crippen LogP contribution in [0.5, 0.6) is 5.75 Å². The first-order valence-corrected chi connectivity index (χ1v) is 12.1. The van der Waals surface area contributed by atoms with Gasteiger partial charge in [0.2, 0.25) is 0 Å². The van der Waals surface area contributed by atoms with Crippen molar-refractivity contribution in [2.45, 2.75) is 32.2 Å². The lowest BCUT2D eigenvalue weighted by molar-refractivity contribution is -0.142. The Hall–Kier alpha value is -2.50. The van der Waals surface area contributed by atoms with Gasteiger partial charge in [-0.05, 0) is 44.2 Å². The topological polar surface area (TPSA) is 138 Å². The predicted octanol–water partition coefficient (Wildman–Crippen LogP) is 2.42. The Labute approximate surface area is 197 Å². The number of nitrogens with one attached hydrogen (secondary N) is 2. The fraction of sp³-hybridized carbons (Fsp3) is 0.350. The number of hydrogen-bond donors (Lipinski definition) is 2. The number of esters is 1. The number of methoxy groups -OCH3 is 1. The molecule has 0 saturated carbocycles. The SMILES string of the molecule is COC(=O)[C@H](C)N[P@](=O)(OC[C@@H]1C=C[C@H](n2cc(C)c(=O)[nH]c2=O)O1)Oc1ccc(Br)cc1. The maximum absolute atomic E-state index is 13.4. The Bertz CT molecular complexity index is 1190. The minimum absolute atomic E-state index is 0.210. The maximum Gasteiger partial charge on any atom is 0.459 e. The van der Waals surface area contributed by atoms with Crippen LogP contribution in [-0.4, -0.2) is 41.4 Å². The summed E-state index contributed by atoms with van der Waals surface area (Å²) in [5.41, 5.74) is -0.755.